The van der Waals surface area contributed by atoms with Crippen molar-refractivity contribution < 1.29 is 37.0 Å². The number of aliphatic hydroxyl groups excluding tert-OH is 1. The zero-order valence-electron chi connectivity index (χ0n) is 22.1. The number of carbonyl (C=O) groups excluding carboxylic acids is 2. The Hall–Kier alpha value is -3.62. The van der Waals surface area contributed by atoms with Crippen LogP contribution in [0.2, 0.25) is 0 Å². The standard InChI is InChI=1S/C29H33F4N3O4/c1-3-7-25-28(39)35-24(26(37)18-34-17-19-8-6-9-21(12-19)29(31,32)33)15-20-13-22(30)16-23(14-20)40-11-5-4-10-27(38)36(25)2/h1,6,8-9,12-14,16,24-26,34,37H,4-5,7,10-11,15,17-18H2,2H3,(H,35,39). The van der Waals surface area contributed by atoms with E-state index < -0.39 is 41.7 Å². The van der Waals surface area contributed by atoms with Crippen molar-refractivity contribution >= 4 is 11.8 Å². The number of hydrogen-bond donors (Lipinski definition) is 3. The minimum absolute atomic E-state index is 0.00665. The molecular weight excluding hydrogens is 530 g/mol. The summed E-state index contributed by atoms with van der Waals surface area (Å²) in [6, 6.07) is 6.95. The number of alkyl halides is 3. The monoisotopic (exact) mass is 563 g/mol. The SMILES string of the molecule is C#CCC1C(=O)NC(C(O)CNCc2cccc(C(F)(F)F)c2)Cc2cc(F)cc(c2)OCCCCC(=O)N1C. The van der Waals surface area contributed by atoms with Crippen LogP contribution in [0.4, 0.5) is 17.6 Å². The van der Waals surface area contributed by atoms with Crippen LogP contribution < -0.4 is 15.4 Å². The summed E-state index contributed by atoms with van der Waals surface area (Å²) in [5, 5.41) is 16.7. The highest BCUT2D eigenvalue weighted by molar-refractivity contribution is 5.88. The van der Waals surface area contributed by atoms with Gasteiger partial charge < -0.3 is 25.4 Å². The molecule has 2 amide bonds. The number of terminal acetylenes is 1. The fourth-order valence-electron chi connectivity index (χ4n) is 4.44. The van der Waals surface area contributed by atoms with E-state index in [1.165, 1.54) is 36.2 Å². The summed E-state index contributed by atoms with van der Waals surface area (Å²) in [7, 11) is 1.49. The second kappa shape index (κ2) is 14.1. The Morgan fingerprint density at radius 2 is 2.00 bits per heavy atom. The van der Waals surface area contributed by atoms with Gasteiger partial charge in [0.15, 0.2) is 0 Å². The van der Waals surface area contributed by atoms with Crippen molar-refractivity contribution in [2.45, 2.75) is 63.0 Å². The van der Waals surface area contributed by atoms with Crippen molar-refractivity contribution in [1.82, 2.24) is 15.5 Å². The zero-order valence-corrected chi connectivity index (χ0v) is 22.1. The van der Waals surface area contributed by atoms with Gasteiger partial charge in [0.25, 0.3) is 0 Å². The van der Waals surface area contributed by atoms with Gasteiger partial charge in [0.05, 0.1) is 24.3 Å². The molecule has 0 spiro atoms. The first-order valence-corrected chi connectivity index (χ1v) is 12.9. The number of amides is 2. The van der Waals surface area contributed by atoms with Gasteiger partial charge in [0, 0.05) is 39.0 Å². The number of nitrogens with one attached hydrogen (secondary N) is 2. The molecular formula is C29H33F4N3O4. The number of ether oxygens (including phenoxy) is 1. The third-order valence-corrected chi connectivity index (χ3v) is 6.64. The van der Waals surface area contributed by atoms with E-state index in [-0.39, 0.29) is 50.6 Å². The molecule has 0 aliphatic carbocycles. The number of benzene rings is 2. The van der Waals surface area contributed by atoms with E-state index in [4.69, 9.17) is 11.2 Å². The average molecular weight is 564 g/mol. The summed E-state index contributed by atoms with van der Waals surface area (Å²) >= 11 is 0. The van der Waals surface area contributed by atoms with Crippen LogP contribution in [-0.2, 0) is 28.7 Å². The van der Waals surface area contributed by atoms with Crippen LogP contribution in [0.25, 0.3) is 0 Å². The van der Waals surface area contributed by atoms with Crippen LogP contribution in [0, 0.1) is 18.2 Å². The molecule has 40 heavy (non-hydrogen) atoms. The van der Waals surface area contributed by atoms with E-state index in [1.807, 2.05) is 0 Å². The van der Waals surface area contributed by atoms with Crippen LogP contribution in [0.1, 0.15) is 42.4 Å². The number of fused-ring (bicyclic) bond motifs is 2. The van der Waals surface area contributed by atoms with E-state index in [1.54, 1.807) is 6.07 Å². The molecule has 3 unspecified atom stereocenters. The fraction of sp³-hybridized carbons (Fsp3) is 0.448. The number of halogens is 4. The molecule has 0 radical (unpaired) electrons. The predicted octanol–water partition coefficient (Wildman–Crippen LogP) is 3.44. The highest BCUT2D eigenvalue weighted by Crippen LogP contribution is 2.29. The van der Waals surface area contributed by atoms with Crippen molar-refractivity contribution in [2.75, 3.05) is 20.2 Å². The summed E-state index contributed by atoms with van der Waals surface area (Å²) < 4.78 is 59.1. The molecule has 1 aliphatic heterocycles. The maximum Gasteiger partial charge on any atom is 0.416 e. The lowest BCUT2D eigenvalue weighted by Gasteiger charge is -2.30. The maximum atomic E-state index is 14.4. The van der Waals surface area contributed by atoms with Gasteiger partial charge in [-0.2, -0.15) is 13.2 Å². The van der Waals surface area contributed by atoms with Crippen LogP contribution in [0.5, 0.6) is 5.75 Å². The molecule has 3 rings (SSSR count). The summed E-state index contributed by atoms with van der Waals surface area (Å²) in [5.74, 6) is 1.26. The molecule has 0 aromatic heterocycles. The highest BCUT2D eigenvalue weighted by atomic mass is 19.4. The van der Waals surface area contributed by atoms with Gasteiger partial charge in [0.2, 0.25) is 11.8 Å². The second-order valence-electron chi connectivity index (χ2n) is 9.75. The first kappa shape index (κ1) is 30.9. The largest absolute Gasteiger partial charge is 0.493 e. The van der Waals surface area contributed by atoms with Crippen molar-refractivity contribution in [2.24, 2.45) is 0 Å². The lowest BCUT2D eigenvalue weighted by Crippen LogP contribution is -2.55. The van der Waals surface area contributed by atoms with Gasteiger partial charge in [-0.15, -0.1) is 12.3 Å². The van der Waals surface area contributed by atoms with Crippen LogP contribution >= 0.6 is 0 Å². The lowest BCUT2D eigenvalue weighted by atomic mass is 9.99. The second-order valence-corrected chi connectivity index (χ2v) is 9.75. The first-order chi connectivity index (χ1) is 19.0. The summed E-state index contributed by atoms with van der Waals surface area (Å²) in [6.07, 6.45) is 0.894. The van der Waals surface area contributed by atoms with Gasteiger partial charge in [0.1, 0.15) is 17.6 Å². The molecule has 216 valence electrons. The average Bonchev–Trinajstić information content (AvgIpc) is 2.89. The van der Waals surface area contributed by atoms with Gasteiger partial charge in [-0.3, -0.25) is 9.59 Å². The quantitative estimate of drug-likeness (QED) is 0.370. The lowest BCUT2D eigenvalue weighted by molar-refractivity contribution is -0.139. The van der Waals surface area contributed by atoms with E-state index in [9.17, 15) is 32.3 Å². The minimum Gasteiger partial charge on any atom is -0.493 e. The maximum absolute atomic E-state index is 14.4. The molecule has 1 heterocycles. The molecule has 7 nitrogen and oxygen atoms in total. The molecule has 2 aromatic rings. The Morgan fingerprint density at radius 3 is 2.73 bits per heavy atom. The molecule has 11 heteroatoms. The molecule has 0 saturated carbocycles. The van der Waals surface area contributed by atoms with Gasteiger partial charge in [-0.25, -0.2) is 4.39 Å². The Bertz CT molecular complexity index is 1210. The van der Waals surface area contributed by atoms with Crippen LogP contribution in [0.15, 0.2) is 42.5 Å². The van der Waals surface area contributed by atoms with E-state index in [0.29, 0.717) is 24.0 Å². The summed E-state index contributed by atoms with van der Waals surface area (Å²) in [5.41, 5.74) is 0.0168. The Kier molecular flexibility index (Phi) is 10.9. The summed E-state index contributed by atoms with van der Waals surface area (Å²) in [6.45, 7) is 0.182. The Morgan fingerprint density at radius 1 is 1.23 bits per heavy atom. The molecule has 3 atom stereocenters. The summed E-state index contributed by atoms with van der Waals surface area (Å²) in [4.78, 5) is 27.3. The molecule has 1 aliphatic rings. The van der Waals surface area contributed by atoms with E-state index >= 15 is 0 Å². The Balaban J connectivity index is 1.82. The van der Waals surface area contributed by atoms with Crippen molar-refractivity contribution in [3.8, 4) is 18.1 Å². The van der Waals surface area contributed by atoms with Crippen molar-refractivity contribution in [3.63, 3.8) is 0 Å². The minimum atomic E-state index is -4.48. The third-order valence-electron chi connectivity index (χ3n) is 6.64. The molecule has 2 aromatic carbocycles. The topological polar surface area (TPSA) is 90.9 Å². The van der Waals surface area contributed by atoms with Gasteiger partial charge >= 0.3 is 6.18 Å². The molecule has 2 bridgehead atoms. The number of hydrogen-bond acceptors (Lipinski definition) is 5. The highest BCUT2D eigenvalue weighted by Gasteiger charge is 2.31. The zero-order chi connectivity index (χ0) is 29.3. The van der Waals surface area contributed by atoms with Crippen molar-refractivity contribution in [3.05, 3.63) is 65.0 Å². The number of aliphatic hydroxyl groups is 1. The third kappa shape index (κ3) is 8.96. The number of rotatable bonds is 6. The van der Waals surface area contributed by atoms with Crippen molar-refractivity contribution in [1.29, 1.82) is 0 Å². The Labute approximate surface area is 230 Å². The normalized spacial score (nSPS) is 20.0. The molecule has 3 N–H and O–H groups in total. The number of likely N-dealkylation sites (N-methyl/N-ethyl adjacent to an activating group) is 1. The predicted molar refractivity (Wildman–Crippen MR) is 141 cm³/mol. The van der Waals surface area contributed by atoms with Crippen LogP contribution in [-0.4, -0.2) is 60.2 Å². The smallest absolute Gasteiger partial charge is 0.416 e. The van der Waals surface area contributed by atoms with Crippen LogP contribution in [0.3, 0.4) is 0 Å². The van der Waals surface area contributed by atoms with E-state index in [2.05, 4.69) is 16.6 Å². The van der Waals surface area contributed by atoms with Gasteiger partial charge in [-0.1, -0.05) is 18.2 Å². The molecule has 0 fully saturated rings. The molecule has 0 saturated heterocycles. The van der Waals surface area contributed by atoms with E-state index in [0.717, 1.165) is 12.1 Å². The fourth-order valence-corrected chi connectivity index (χ4v) is 4.44. The number of carbonyl (C=O) groups is 2. The first-order valence-electron chi connectivity index (χ1n) is 12.9. The van der Waals surface area contributed by atoms with Gasteiger partial charge in [-0.05, 0) is 48.6 Å². The number of nitrogens with zero attached hydrogens (tertiary/aromatic N) is 1.